The molecule has 0 aliphatic carbocycles. The lowest BCUT2D eigenvalue weighted by atomic mass is 10.1. The molecule has 2 rings (SSSR count). The fourth-order valence-corrected chi connectivity index (χ4v) is 1.06. The highest BCUT2D eigenvalue weighted by Crippen LogP contribution is 2.27. The van der Waals surface area contributed by atoms with Gasteiger partial charge in [-0.1, -0.05) is 6.07 Å². The van der Waals surface area contributed by atoms with Gasteiger partial charge < -0.3 is 5.73 Å². The van der Waals surface area contributed by atoms with Gasteiger partial charge in [0, 0.05) is 17.5 Å². The SMILES string of the molecule is Nc1cccc2c1C=C[N]2. The zero-order chi connectivity index (χ0) is 6.97. The van der Waals surface area contributed by atoms with Crippen LogP contribution in [0.3, 0.4) is 0 Å². The maximum atomic E-state index is 5.66. The van der Waals surface area contributed by atoms with Gasteiger partial charge in [0.25, 0.3) is 0 Å². The number of hydrogen-bond donors (Lipinski definition) is 1. The summed E-state index contributed by atoms with van der Waals surface area (Å²) in [6, 6.07) is 5.74. The van der Waals surface area contributed by atoms with Gasteiger partial charge in [-0.05, 0) is 18.2 Å². The third kappa shape index (κ3) is 0.589. The Hall–Kier alpha value is -1.44. The van der Waals surface area contributed by atoms with Gasteiger partial charge in [0.15, 0.2) is 0 Å². The van der Waals surface area contributed by atoms with Crippen LogP contribution in [0.4, 0.5) is 11.4 Å². The van der Waals surface area contributed by atoms with Crippen molar-refractivity contribution >= 4 is 17.5 Å². The minimum Gasteiger partial charge on any atom is -0.398 e. The summed E-state index contributed by atoms with van der Waals surface area (Å²) < 4.78 is 0. The van der Waals surface area contributed by atoms with Crippen molar-refractivity contribution in [3.05, 3.63) is 30.0 Å². The van der Waals surface area contributed by atoms with Crippen molar-refractivity contribution < 1.29 is 0 Å². The van der Waals surface area contributed by atoms with Gasteiger partial charge in [0.2, 0.25) is 0 Å². The molecule has 1 aliphatic heterocycles. The lowest BCUT2D eigenvalue weighted by Crippen LogP contribution is -1.89. The van der Waals surface area contributed by atoms with Gasteiger partial charge in [-0.3, -0.25) is 5.32 Å². The molecule has 0 aromatic heterocycles. The first kappa shape index (κ1) is 5.35. The minimum absolute atomic E-state index is 0.801. The van der Waals surface area contributed by atoms with Gasteiger partial charge in [-0.2, -0.15) is 0 Å². The molecule has 0 unspecified atom stereocenters. The Morgan fingerprint density at radius 1 is 1.30 bits per heavy atom. The van der Waals surface area contributed by atoms with E-state index >= 15 is 0 Å². The van der Waals surface area contributed by atoms with E-state index in [1.54, 1.807) is 6.20 Å². The molecule has 0 saturated carbocycles. The molecule has 2 heteroatoms. The Bertz CT molecular complexity index is 289. The van der Waals surface area contributed by atoms with Crippen LogP contribution in [0.1, 0.15) is 5.56 Å². The second-order valence-electron chi connectivity index (χ2n) is 2.22. The lowest BCUT2D eigenvalue weighted by molar-refractivity contribution is 1.22. The van der Waals surface area contributed by atoms with Crippen LogP contribution in [-0.2, 0) is 0 Å². The quantitative estimate of drug-likeness (QED) is 0.532. The van der Waals surface area contributed by atoms with Gasteiger partial charge in [-0.15, -0.1) is 0 Å². The Labute approximate surface area is 59.4 Å². The molecular formula is C8H7N2. The third-order valence-corrected chi connectivity index (χ3v) is 1.57. The van der Waals surface area contributed by atoms with E-state index in [1.807, 2.05) is 24.3 Å². The highest BCUT2D eigenvalue weighted by molar-refractivity contribution is 5.78. The Kier molecular flexibility index (Phi) is 0.947. The number of hydrogen-bond acceptors (Lipinski definition) is 1. The molecule has 0 fully saturated rings. The highest BCUT2D eigenvalue weighted by Gasteiger charge is 2.06. The summed E-state index contributed by atoms with van der Waals surface area (Å²) >= 11 is 0. The monoisotopic (exact) mass is 131 g/mol. The second kappa shape index (κ2) is 1.77. The number of benzene rings is 1. The zero-order valence-electron chi connectivity index (χ0n) is 5.41. The molecular weight excluding hydrogens is 124 g/mol. The van der Waals surface area contributed by atoms with Crippen LogP contribution in [0.15, 0.2) is 24.4 Å². The number of rotatable bonds is 0. The van der Waals surface area contributed by atoms with E-state index in [4.69, 9.17) is 5.73 Å². The van der Waals surface area contributed by atoms with E-state index in [0.717, 1.165) is 16.9 Å². The van der Waals surface area contributed by atoms with Crippen LogP contribution < -0.4 is 11.1 Å². The van der Waals surface area contributed by atoms with Gasteiger partial charge in [0.1, 0.15) is 0 Å². The molecule has 1 aromatic carbocycles. The molecule has 10 heavy (non-hydrogen) atoms. The van der Waals surface area contributed by atoms with Crippen molar-refractivity contribution in [3.63, 3.8) is 0 Å². The Balaban J connectivity index is 2.67. The first-order valence-electron chi connectivity index (χ1n) is 3.14. The summed E-state index contributed by atoms with van der Waals surface area (Å²) in [5, 5.41) is 4.10. The smallest absolute Gasteiger partial charge is 0.0723 e. The van der Waals surface area contributed by atoms with Crippen molar-refractivity contribution in [2.24, 2.45) is 0 Å². The van der Waals surface area contributed by atoms with Gasteiger partial charge >= 0.3 is 0 Å². The molecule has 1 heterocycles. The molecule has 0 atom stereocenters. The molecule has 1 aromatic rings. The summed E-state index contributed by atoms with van der Waals surface area (Å²) in [4.78, 5) is 0. The van der Waals surface area contributed by atoms with Crippen LogP contribution >= 0.6 is 0 Å². The van der Waals surface area contributed by atoms with E-state index < -0.39 is 0 Å². The molecule has 0 spiro atoms. The van der Waals surface area contributed by atoms with Crippen molar-refractivity contribution in [1.82, 2.24) is 5.32 Å². The van der Waals surface area contributed by atoms with Crippen LogP contribution in [0, 0.1) is 0 Å². The van der Waals surface area contributed by atoms with E-state index in [9.17, 15) is 0 Å². The van der Waals surface area contributed by atoms with Crippen LogP contribution in [0.25, 0.3) is 6.08 Å². The molecule has 0 saturated heterocycles. The number of nitrogens with zero attached hydrogens (tertiary/aromatic N) is 1. The number of nitrogens with two attached hydrogens (primary N) is 1. The predicted molar refractivity (Wildman–Crippen MR) is 41.7 cm³/mol. The first-order valence-corrected chi connectivity index (χ1v) is 3.14. The largest absolute Gasteiger partial charge is 0.398 e. The zero-order valence-corrected chi connectivity index (χ0v) is 5.41. The maximum Gasteiger partial charge on any atom is 0.0723 e. The summed E-state index contributed by atoms with van der Waals surface area (Å²) in [7, 11) is 0. The molecule has 2 N–H and O–H groups in total. The Morgan fingerprint density at radius 2 is 2.20 bits per heavy atom. The standard InChI is InChI=1S/C8H7N2/c9-7-2-1-3-8-6(7)4-5-10-8/h1-5H,9H2. The normalized spacial score (nSPS) is 12.8. The van der Waals surface area contributed by atoms with Crippen molar-refractivity contribution in [1.29, 1.82) is 0 Å². The molecule has 49 valence electrons. The van der Waals surface area contributed by atoms with E-state index in [2.05, 4.69) is 5.32 Å². The molecule has 0 bridgehead atoms. The lowest BCUT2D eigenvalue weighted by Gasteiger charge is -1.98. The molecule has 2 nitrogen and oxygen atoms in total. The fraction of sp³-hybridized carbons (Fsp3) is 0. The predicted octanol–water partition coefficient (Wildman–Crippen LogP) is 1.49. The number of anilines is 1. The molecule has 1 radical (unpaired) electrons. The molecule has 0 amide bonds. The maximum absolute atomic E-state index is 5.66. The average molecular weight is 131 g/mol. The summed E-state index contributed by atoms with van der Waals surface area (Å²) in [6.45, 7) is 0. The second-order valence-corrected chi connectivity index (χ2v) is 2.22. The molecule has 1 aliphatic rings. The van der Waals surface area contributed by atoms with Crippen molar-refractivity contribution in [2.45, 2.75) is 0 Å². The topological polar surface area (TPSA) is 40.1 Å². The van der Waals surface area contributed by atoms with E-state index in [0.29, 0.717) is 0 Å². The fourth-order valence-electron chi connectivity index (χ4n) is 1.06. The van der Waals surface area contributed by atoms with Crippen molar-refractivity contribution in [2.75, 3.05) is 5.73 Å². The summed E-state index contributed by atoms with van der Waals surface area (Å²) in [5.41, 5.74) is 8.48. The minimum atomic E-state index is 0.801. The summed E-state index contributed by atoms with van der Waals surface area (Å²) in [6.07, 6.45) is 3.69. The number of nitrogen functional groups attached to an aromatic ring is 1. The van der Waals surface area contributed by atoms with Crippen LogP contribution in [0.2, 0.25) is 0 Å². The first-order chi connectivity index (χ1) is 4.88. The van der Waals surface area contributed by atoms with E-state index in [-0.39, 0.29) is 0 Å². The van der Waals surface area contributed by atoms with Crippen LogP contribution in [0.5, 0.6) is 0 Å². The average Bonchev–Trinajstić information content (AvgIpc) is 2.36. The Morgan fingerprint density at radius 3 is 3.00 bits per heavy atom. The summed E-state index contributed by atoms with van der Waals surface area (Å²) in [5.74, 6) is 0. The van der Waals surface area contributed by atoms with Gasteiger partial charge in [-0.25, -0.2) is 0 Å². The van der Waals surface area contributed by atoms with Gasteiger partial charge in [0.05, 0.1) is 5.69 Å². The third-order valence-electron chi connectivity index (χ3n) is 1.57. The highest BCUT2D eigenvalue weighted by atomic mass is 14.9. The van der Waals surface area contributed by atoms with Crippen LogP contribution in [-0.4, -0.2) is 0 Å². The van der Waals surface area contributed by atoms with Crippen molar-refractivity contribution in [3.8, 4) is 0 Å². The number of fused-ring (bicyclic) bond motifs is 1. The van der Waals surface area contributed by atoms with E-state index in [1.165, 1.54) is 0 Å².